The lowest BCUT2D eigenvalue weighted by atomic mass is 9.79. The first-order valence-electron chi connectivity index (χ1n) is 7.04. The maximum absolute atomic E-state index is 13.1. The molecule has 110 valence electrons. The Kier molecular flexibility index (Phi) is 5.00. The lowest BCUT2D eigenvalue weighted by Crippen LogP contribution is -2.42. The highest BCUT2D eigenvalue weighted by Crippen LogP contribution is 2.35. The Hall–Kier alpha value is -1.13. The predicted molar refractivity (Wildman–Crippen MR) is 79.2 cm³/mol. The molecule has 3 N–H and O–H groups in total. The van der Waals surface area contributed by atoms with E-state index in [2.05, 4.69) is 5.32 Å². The van der Waals surface area contributed by atoms with E-state index in [0.29, 0.717) is 12.2 Å². The molecule has 3 nitrogen and oxygen atoms in total. The van der Waals surface area contributed by atoms with Crippen molar-refractivity contribution in [3.05, 3.63) is 29.0 Å². The molecule has 0 saturated heterocycles. The highest BCUT2D eigenvalue weighted by atomic mass is 35.5. The molecule has 0 aromatic heterocycles. The fraction of sp³-hybridized carbons (Fsp3) is 0.533. The number of amides is 1. The maximum atomic E-state index is 13.1. The number of carbonyl (C=O) groups is 1. The Morgan fingerprint density at radius 3 is 2.50 bits per heavy atom. The standard InChI is InChI=1S/C15H20ClFN2O/c16-12-9-11(5-6-13(12)17)19-14(20)15(10-18)7-3-1-2-4-8-15/h5-6,9H,1-4,7-8,10,18H2,(H,19,20). The van der Waals surface area contributed by atoms with Gasteiger partial charge in [-0.25, -0.2) is 4.39 Å². The number of benzene rings is 1. The molecule has 1 amide bonds. The molecule has 0 unspecified atom stereocenters. The molecule has 0 bridgehead atoms. The van der Waals surface area contributed by atoms with Crippen molar-refractivity contribution in [3.8, 4) is 0 Å². The van der Waals surface area contributed by atoms with Crippen molar-refractivity contribution in [2.75, 3.05) is 11.9 Å². The topological polar surface area (TPSA) is 55.1 Å². The molecule has 0 spiro atoms. The fourth-order valence-electron chi connectivity index (χ4n) is 2.77. The van der Waals surface area contributed by atoms with E-state index in [1.165, 1.54) is 18.2 Å². The SMILES string of the molecule is NCC1(C(=O)Nc2ccc(F)c(Cl)c2)CCCCCC1. The van der Waals surface area contributed by atoms with Gasteiger partial charge in [-0.1, -0.05) is 37.3 Å². The second-order valence-corrected chi connectivity index (χ2v) is 5.89. The minimum absolute atomic E-state index is 0.00506. The van der Waals surface area contributed by atoms with Gasteiger partial charge in [-0.05, 0) is 31.0 Å². The van der Waals surface area contributed by atoms with Crippen LogP contribution >= 0.6 is 11.6 Å². The van der Waals surface area contributed by atoms with E-state index in [9.17, 15) is 9.18 Å². The molecule has 1 aromatic carbocycles. The van der Waals surface area contributed by atoms with E-state index in [4.69, 9.17) is 17.3 Å². The quantitative estimate of drug-likeness (QED) is 0.836. The first kappa shape index (κ1) is 15.3. The summed E-state index contributed by atoms with van der Waals surface area (Å²) in [5.74, 6) is -0.572. The number of carbonyl (C=O) groups excluding carboxylic acids is 1. The van der Waals surface area contributed by atoms with Crippen molar-refractivity contribution >= 4 is 23.2 Å². The Balaban J connectivity index is 2.14. The van der Waals surface area contributed by atoms with Gasteiger partial charge in [-0.3, -0.25) is 4.79 Å². The molecule has 0 radical (unpaired) electrons. The van der Waals surface area contributed by atoms with Crippen LogP contribution in [-0.4, -0.2) is 12.5 Å². The minimum Gasteiger partial charge on any atom is -0.329 e. The van der Waals surface area contributed by atoms with Gasteiger partial charge in [0, 0.05) is 12.2 Å². The number of halogens is 2. The summed E-state index contributed by atoms with van der Waals surface area (Å²) in [5.41, 5.74) is 5.88. The third kappa shape index (κ3) is 3.30. The number of hydrogen-bond acceptors (Lipinski definition) is 2. The summed E-state index contributed by atoms with van der Waals surface area (Å²) in [4.78, 5) is 12.5. The molecule has 1 fully saturated rings. The van der Waals surface area contributed by atoms with Crippen molar-refractivity contribution in [1.82, 2.24) is 0 Å². The summed E-state index contributed by atoms with van der Waals surface area (Å²) in [6.07, 6.45) is 5.97. The van der Waals surface area contributed by atoms with Crippen molar-refractivity contribution < 1.29 is 9.18 Å². The number of hydrogen-bond donors (Lipinski definition) is 2. The average molecular weight is 299 g/mol. The number of nitrogens with two attached hydrogens (primary N) is 1. The van der Waals surface area contributed by atoms with E-state index in [-0.39, 0.29) is 10.9 Å². The van der Waals surface area contributed by atoms with E-state index in [0.717, 1.165) is 38.5 Å². The summed E-state index contributed by atoms with van der Waals surface area (Å²) in [6.45, 7) is 0.341. The van der Waals surface area contributed by atoms with Crippen molar-refractivity contribution in [3.63, 3.8) is 0 Å². The number of rotatable bonds is 3. The molecule has 1 saturated carbocycles. The first-order chi connectivity index (χ1) is 9.57. The molecule has 20 heavy (non-hydrogen) atoms. The van der Waals surface area contributed by atoms with Gasteiger partial charge >= 0.3 is 0 Å². The summed E-state index contributed by atoms with van der Waals surface area (Å²) >= 11 is 5.73. The Labute approximate surface area is 123 Å². The van der Waals surface area contributed by atoms with E-state index >= 15 is 0 Å². The molecule has 2 rings (SSSR count). The minimum atomic E-state index is -0.503. The third-order valence-electron chi connectivity index (χ3n) is 4.11. The zero-order valence-electron chi connectivity index (χ0n) is 11.4. The van der Waals surface area contributed by atoms with Crippen LogP contribution in [0.15, 0.2) is 18.2 Å². The van der Waals surface area contributed by atoms with Gasteiger partial charge in [0.15, 0.2) is 0 Å². The highest BCUT2D eigenvalue weighted by Gasteiger charge is 2.37. The molecule has 0 heterocycles. The molecule has 5 heteroatoms. The smallest absolute Gasteiger partial charge is 0.231 e. The van der Waals surface area contributed by atoms with Crippen LogP contribution in [-0.2, 0) is 4.79 Å². The first-order valence-corrected chi connectivity index (χ1v) is 7.42. The number of nitrogens with one attached hydrogen (secondary N) is 1. The largest absolute Gasteiger partial charge is 0.329 e. The Morgan fingerprint density at radius 2 is 1.95 bits per heavy atom. The van der Waals surface area contributed by atoms with Crippen LogP contribution in [0.5, 0.6) is 0 Å². The predicted octanol–water partition coefficient (Wildman–Crippen LogP) is 3.72. The van der Waals surface area contributed by atoms with Crippen LogP contribution in [0.2, 0.25) is 5.02 Å². The average Bonchev–Trinajstić information content (AvgIpc) is 2.69. The van der Waals surface area contributed by atoms with E-state index < -0.39 is 11.2 Å². The zero-order valence-corrected chi connectivity index (χ0v) is 12.2. The summed E-state index contributed by atoms with van der Waals surface area (Å²) < 4.78 is 13.1. The second-order valence-electron chi connectivity index (χ2n) is 5.48. The summed E-state index contributed by atoms with van der Waals surface area (Å²) in [5, 5.41) is 2.83. The maximum Gasteiger partial charge on any atom is 0.231 e. The van der Waals surface area contributed by atoms with Crippen molar-refractivity contribution in [2.24, 2.45) is 11.1 Å². The van der Waals surface area contributed by atoms with Crippen molar-refractivity contribution in [2.45, 2.75) is 38.5 Å². The Morgan fingerprint density at radius 1 is 1.30 bits per heavy atom. The van der Waals surface area contributed by atoms with Gasteiger partial charge in [0.05, 0.1) is 10.4 Å². The van der Waals surface area contributed by atoms with Crippen LogP contribution in [0.25, 0.3) is 0 Å². The lowest BCUT2D eigenvalue weighted by molar-refractivity contribution is -0.125. The molecular formula is C15H20ClFN2O. The van der Waals surface area contributed by atoms with Crippen LogP contribution in [0, 0.1) is 11.2 Å². The van der Waals surface area contributed by atoms with E-state index in [1.807, 2.05) is 0 Å². The van der Waals surface area contributed by atoms with Crippen LogP contribution in [0.3, 0.4) is 0 Å². The van der Waals surface area contributed by atoms with Crippen LogP contribution in [0.1, 0.15) is 38.5 Å². The van der Waals surface area contributed by atoms with E-state index in [1.54, 1.807) is 0 Å². The van der Waals surface area contributed by atoms with Gasteiger partial charge < -0.3 is 11.1 Å². The highest BCUT2D eigenvalue weighted by molar-refractivity contribution is 6.31. The normalized spacial score (nSPS) is 18.4. The second kappa shape index (κ2) is 6.55. The van der Waals surface area contributed by atoms with Gasteiger partial charge in [0.25, 0.3) is 0 Å². The number of anilines is 1. The summed E-state index contributed by atoms with van der Waals surface area (Å²) in [6, 6.07) is 4.19. The molecule has 1 aromatic rings. The Bertz CT molecular complexity index is 485. The van der Waals surface area contributed by atoms with Crippen molar-refractivity contribution in [1.29, 1.82) is 0 Å². The van der Waals surface area contributed by atoms with Gasteiger partial charge in [-0.2, -0.15) is 0 Å². The zero-order chi connectivity index (χ0) is 14.6. The summed E-state index contributed by atoms with van der Waals surface area (Å²) in [7, 11) is 0. The van der Waals surface area contributed by atoms with Crippen LogP contribution < -0.4 is 11.1 Å². The molecule has 0 aliphatic heterocycles. The van der Waals surface area contributed by atoms with Gasteiger partial charge in [-0.15, -0.1) is 0 Å². The monoisotopic (exact) mass is 298 g/mol. The van der Waals surface area contributed by atoms with Crippen LogP contribution in [0.4, 0.5) is 10.1 Å². The van der Waals surface area contributed by atoms with Gasteiger partial charge in [0.1, 0.15) is 5.82 Å². The molecule has 0 atom stereocenters. The lowest BCUT2D eigenvalue weighted by Gasteiger charge is -2.29. The van der Waals surface area contributed by atoms with Gasteiger partial charge in [0.2, 0.25) is 5.91 Å². The molecule has 1 aliphatic rings. The fourth-order valence-corrected chi connectivity index (χ4v) is 2.95. The molecule has 1 aliphatic carbocycles. The third-order valence-corrected chi connectivity index (χ3v) is 4.40. The molecular weight excluding hydrogens is 279 g/mol.